The largest absolute Gasteiger partial charge is 0.462 e. The Kier molecular flexibility index (Phi) is 8.67. The molecule has 5 atom stereocenters. The fraction of sp³-hybridized carbons (Fsp3) is 0.667. The van der Waals surface area contributed by atoms with Crippen LogP contribution < -0.4 is 17.2 Å². The van der Waals surface area contributed by atoms with E-state index in [0.717, 1.165) is 4.57 Å². The maximum Gasteiger partial charge on any atom is 0.351 e. The highest BCUT2D eigenvalue weighted by molar-refractivity contribution is 7.85. The second-order valence-electron chi connectivity index (χ2n) is 6.72. The molecule has 13 nitrogen and oxygen atoms in total. The van der Waals surface area contributed by atoms with E-state index in [9.17, 15) is 28.2 Å². The predicted octanol–water partition coefficient (Wildman–Crippen LogP) is -2.52. The van der Waals surface area contributed by atoms with E-state index in [1.807, 2.05) is 0 Å². The van der Waals surface area contributed by atoms with Crippen molar-refractivity contribution in [2.75, 3.05) is 18.6 Å². The summed E-state index contributed by atoms with van der Waals surface area (Å²) in [5, 5.41) is 20.1. The van der Waals surface area contributed by atoms with Gasteiger partial charge in [-0.05, 0) is 12.0 Å². The molecule has 1 aromatic rings. The number of nitrogen functional groups attached to an aromatic ring is 1. The highest BCUT2D eigenvalue weighted by atomic mass is 32.2. The van der Waals surface area contributed by atoms with Gasteiger partial charge in [-0.3, -0.25) is 13.9 Å². The maximum atomic E-state index is 11.8. The van der Waals surface area contributed by atoms with Crippen LogP contribution in [-0.4, -0.2) is 75.9 Å². The third-order valence-electron chi connectivity index (χ3n) is 3.84. The molecule has 29 heavy (non-hydrogen) atoms. The number of nitrogens with zero attached hydrogens (tertiary/aromatic N) is 2. The number of hydrogen-bond donors (Lipinski definition) is 5. The predicted molar refractivity (Wildman–Crippen MR) is 100 cm³/mol. The number of carbonyl (C=O) groups excluding carboxylic acids is 1. The Morgan fingerprint density at radius 2 is 1.93 bits per heavy atom. The van der Waals surface area contributed by atoms with Gasteiger partial charge >= 0.3 is 11.7 Å². The molecule has 0 radical (unpaired) electrons. The standard InChI is InChI=1S/C14H22N4O6.CH4O3S/c1-6(2)9(16)13(21)23-5-7-10(19)11(20)12(24-7)18-4-3-8(15)17-14(18)22;1-5(2,3)4/h3-4,6-7,9-12,19-20H,5,16H2,1-2H3,(H2,15,17,22);1H3,(H,2,3,4)/t7-,9+,10-,11+,12-;/m1./s1. The first-order valence-electron chi connectivity index (χ1n) is 8.43. The molecule has 1 fully saturated rings. The van der Waals surface area contributed by atoms with E-state index in [0.29, 0.717) is 6.26 Å². The average molecular weight is 438 g/mol. The highest BCUT2D eigenvalue weighted by Gasteiger charge is 2.44. The topological polar surface area (TPSA) is 217 Å². The number of carbonyl (C=O) groups is 1. The van der Waals surface area contributed by atoms with Gasteiger partial charge in [-0.1, -0.05) is 13.8 Å². The quantitative estimate of drug-likeness (QED) is 0.237. The number of hydrogen-bond acceptors (Lipinski definition) is 11. The summed E-state index contributed by atoms with van der Waals surface area (Å²) in [6.45, 7) is 3.24. The van der Waals surface area contributed by atoms with Crippen LogP contribution in [0, 0.1) is 5.92 Å². The van der Waals surface area contributed by atoms with Gasteiger partial charge in [-0.25, -0.2) is 4.79 Å². The molecule has 14 heteroatoms. The summed E-state index contributed by atoms with van der Waals surface area (Å²) in [7, 11) is -3.67. The van der Waals surface area contributed by atoms with Crippen molar-refractivity contribution in [2.45, 2.75) is 44.4 Å². The number of aromatic nitrogens is 2. The molecule has 1 aliphatic heterocycles. The third-order valence-corrected chi connectivity index (χ3v) is 3.84. The van der Waals surface area contributed by atoms with Crippen LogP contribution in [0.25, 0.3) is 0 Å². The van der Waals surface area contributed by atoms with Crippen LogP contribution in [0.2, 0.25) is 0 Å². The van der Waals surface area contributed by atoms with Gasteiger partial charge in [-0.2, -0.15) is 13.4 Å². The van der Waals surface area contributed by atoms with Gasteiger partial charge in [-0.15, -0.1) is 0 Å². The number of ether oxygens (including phenoxy) is 2. The van der Waals surface area contributed by atoms with Gasteiger partial charge in [0.05, 0.1) is 6.26 Å². The number of anilines is 1. The molecule has 0 unspecified atom stereocenters. The Bertz CT molecular complexity index is 850. The Labute approximate surface area is 167 Å². The lowest BCUT2D eigenvalue weighted by Gasteiger charge is -2.18. The van der Waals surface area contributed by atoms with E-state index >= 15 is 0 Å². The van der Waals surface area contributed by atoms with Crippen LogP contribution in [-0.2, 0) is 24.4 Å². The van der Waals surface area contributed by atoms with E-state index in [4.69, 9.17) is 25.5 Å². The van der Waals surface area contributed by atoms with Crippen molar-refractivity contribution < 1.29 is 37.5 Å². The lowest BCUT2D eigenvalue weighted by molar-refractivity contribution is -0.152. The fourth-order valence-corrected chi connectivity index (χ4v) is 2.25. The van der Waals surface area contributed by atoms with Crippen LogP contribution in [0.1, 0.15) is 20.1 Å². The van der Waals surface area contributed by atoms with Gasteiger partial charge in [0, 0.05) is 6.20 Å². The van der Waals surface area contributed by atoms with Gasteiger partial charge in [0.25, 0.3) is 10.1 Å². The summed E-state index contributed by atoms with van der Waals surface area (Å²) in [5.41, 5.74) is 10.3. The normalized spacial score (nSPS) is 25.2. The summed E-state index contributed by atoms with van der Waals surface area (Å²) in [4.78, 5) is 27.1. The van der Waals surface area contributed by atoms with Crippen molar-refractivity contribution in [3.05, 3.63) is 22.7 Å². The lowest BCUT2D eigenvalue weighted by atomic mass is 10.1. The van der Waals surface area contributed by atoms with E-state index in [-0.39, 0.29) is 18.3 Å². The number of aliphatic hydroxyl groups is 2. The first-order valence-corrected chi connectivity index (χ1v) is 10.3. The monoisotopic (exact) mass is 438 g/mol. The second kappa shape index (κ2) is 10.1. The number of rotatable bonds is 5. The Hall–Kier alpha value is -2.10. The van der Waals surface area contributed by atoms with Crippen LogP contribution in [0.5, 0.6) is 0 Å². The Balaban J connectivity index is 0.000000749. The molecule has 7 N–H and O–H groups in total. The SMILES string of the molecule is CC(C)[C@H](N)C(=O)OC[C@H]1O[C@@H](n2ccc(N)nc2=O)[C@@H](O)[C@@H]1O.CS(=O)(=O)O. The number of aliphatic hydroxyl groups excluding tert-OH is 2. The molecule has 0 aliphatic carbocycles. The number of nitrogens with two attached hydrogens (primary N) is 2. The maximum absolute atomic E-state index is 11.8. The summed E-state index contributed by atoms with van der Waals surface area (Å²) >= 11 is 0. The molecular formula is C15H26N4O9S. The van der Waals surface area contributed by atoms with Crippen LogP contribution >= 0.6 is 0 Å². The lowest BCUT2D eigenvalue weighted by Crippen LogP contribution is -2.40. The van der Waals surface area contributed by atoms with Gasteiger partial charge < -0.3 is 31.2 Å². The minimum Gasteiger partial charge on any atom is -0.462 e. The minimum absolute atomic E-state index is 0.0254. The zero-order chi connectivity index (χ0) is 22.5. The summed E-state index contributed by atoms with van der Waals surface area (Å²) < 4.78 is 37.3. The summed E-state index contributed by atoms with van der Waals surface area (Å²) in [5.74, 6) is -0.716. The number of esters is 1. The third kappa shape index (κ3) is 7.68. The van der Waals surface area contributed by atoms with Crippen LogP contribution in [0.15, 0.2) is 17.1 Å². The molecule has 166 valence electrons. The van der Waals surface area contributed by atoms with Gasteiger partial charge in [0.1, 0.15) is 36.8 Å². The van der Waals surface area contributed by atoms with Crippen molar-refractivity contribution in [1.29, 1.82) is 0 Å². The molecule has 1 aromatic heterocycles. The fourth-order valence-electron chi connectivity index (χ4n) is 2.25. The zero-order valence-corrected chi connectivity index (χ0v) is 16.9. The van der Waals surface area contributed by atoms with Crippen molar-refractivity contribution in [3.8, 4) is 0 Å². The van der Waals surface area contributed by atoms with Crippen molar-refractivity contribution in [1.82, 2.24) is 9.55 Å². The Morgan fingerprint density at radius 1 is 1.38 bits per heavy atom. The highest BCUT2D eigenvalue weighted by Crippen LogP contribution is 2.28. The van der Waals surface area contributed by atoms with Crippen molar-refractivity contribution in [3.63, 3.8) is 0 Å². The Morgan fingerprint density at radius 3 is 2.41 bits per heavy atom. The van der Waals surface area contributed by atoms with E-state index < -0.39 is 52.4 Å². The summed E-state index contributed by atoms with van der Waals surface area (Å²) in [6, 6.07) is 0.562. The molecule has 0 bridgehead atoms. The molecule has 1 saturated heterocycles. The molecule has 1 aliphatic rings. The minimum atomic E-state index is -3.67. The van der Waals surface area contributed by atoms with Gasteiger partial charge in [0.2, 0.25) is 0 Å². The van der Waals surface area contributed by atoms with E-state index in [1.165, 1.54) is 12.3 Å². The van der Waals surface area contributed by atoms with Crippen molar-refractivity contribution >= 4 is 21.9 Å². The summed E-state index contributed by atoms with van der Waals surface area (Å²) in [6.07, 6.45) is -2.89. The molecule has 2 rings (SSSR count). The van der Waals surface area contributed by atoms with E-state index in [2.05, 4.69) is 4.98 Å². The molecule has 0 amide bonds. The van der Waals surface area contributed by atoms with Crippen LogP contribution in [0.4, 0.5) is 5.82 Å². The van der Waals surface area contributed by atoms with E-state index in [1.54, 1.807) is 13.8 Å². The molecule has 2 heterocycles. The first-order chi connectivity index (χ1) is 13.2. The smallest absolute Gasteiger partial charge is 0.351 e. The molecule has 0 spiro atoms. The second-order valence-corrected chi connectivity index (χ2v) is 8.19. The average Bonchev–Trinajstić information content (AvgIpc) is 2.85. The van der Waals surface area contributed by atoms with Gasteiger partial charge in [0.15, 0.2) is 6.23 Å². The molecule has 0 aromatic carbocycles. The molecule has 0 saturated carbocycles. The molecular weight excluding hydrogens is 412 g/mol. The zero-order valence-electron chi connectivity index (χ0n) is 16.1. The van der Waals surface area contributed by atoms with Crippen molar-refractivity contribution in [2.24, 2.45) is 11.7 Å². The van der Waals surface area contributed by atoms with Crippen LogP contribution in [0.3, 0.4) is 0 Å². The first kappa shape index (κ1) is 24.9.